The van der Waals surface area contributed by atoms with Crippen LogP contribution in [0, 0.1) is 12.3 Å². The molecule has 0 amide bonds. The Morgan fingerprint density at radius 3 is 2.92 bits per heavy atom. The van der Waals surface area contributed by atoms with Crippen molar-refractivity contribution in [3.8, 4) is 12.3 Å². The average Bonchev–Trinajstić information content (AvgIpc) is 2.52. The second-order valence-corrected chi connectivity index (χ2v) is 3.59. The summed E-state index contributed by atoms with van der Waals surface area (Å²) in [6, 6.07) is 3.83. The molecule has 1 nitrogen and oxygen atoms in total. The van der Waals surface area contributed by atoms with Crippen LogP contribution in [-0.4, -0.2) is 5.78 Å². The van der Waals surface area contributed by atoms with E-state index in [1.54, 1.807) is 0 Å². The van der Waals surface area contributed by atoms with E-state index in [-0.39, 0.29) is 12.2 Å². The SMILES string of the molecule is C#CCC(=O)c1ccc(CC)s1. The second kappa shape index (κ2) is 4.08. The molecule has 0 spiro atoms. The maximum absolute atomic E-state index is 11.2. The molecule has 0 radical (unpaired) electrons. The van der Waals surface area contributed by atoms with Crippen molar-refractivity contribution in [3.63, 3.8) is 0 Å². The maximum Gasteiger partial charge on any atom is 0.184 e. The second-order valence-electron chi connectivity index (χ2n) is 2.42. The van der Waals surface area contributed by atoms with Gasteiger partial charge in [-0.1, -0.05) is 12.8 Å². The summed E-state index contributed by atoms with van der Waals surface area (Å²) in [7, 11) is 0. The number of thiophene rings is 1. The van der Waals surface area contributed by atoms with Crippen molar-refractivity contribution < 1.29 is 4.79 Å². The van der Waals surface area contributed by atoms with Crippen LogP contribution in [-0.2, 0) is 6.42 Å². The zero-order chi connectivity index (χ0) is 8.97. The van der Waals surface area contributed by atoms with Crippen LogP contribution < -0.4 is 0 Å². The highest BCUT2D eigenvalue weighted by Crippen LogP contribution is 2.18. The molecule has 0 saturated carbocycles. The Kier molecular flexibility index (Phi) is 3.07. The molecule has 0 aliphatic rings. The number of carbonyl (C=O) groups excluding carboxylic acids is 1. The van der Waals surface area contributed by atoms with Gasteiger partial charge >= 0.3 is 0 Å². The van der Waals surface area contributed by atoms with Gasteiger partial charge in [-0.05, 0) is 18.6 Å². The van der Waals surface area contributed by atoms with Gasteiger partial charge in [0.1, 0.15) is 0 Å². The molecule has 1 heterocycles. The first-order valence-corrected chi connectivity index (χ1v) is 4.65. The average molecular weight is 178 g/mol. The van der Waals surface area contributed by atoms with E-state index < -0.39 is 0 Å². The van der Waals surface area contributed by atoms with Gasteiger partial charge in [0.05, 0.1) is 11.3 Å². The van der Waals surface area contributed by atoms with Gasteiger partial charge in [0.15, 0.2) is 5.78 Å². The number of rotatable bonds is 3. The van der Waals surface area contributed by atoms with Gasteiger partial charge < -0.3 is 0 Å². The van der Waals surface area contributed by atoms with E-state index >= 15 is 0 Å². The van der Waals surface area contributed by atoms with Crippen LogP contribution in [0.25, 0.3) is 0 Å². The lowest BCUT2D eigenvalue weighted by atomic mass is 10.2. The molecular weight excluding hydrogens is 168 g/mol. The van der Waals surface area contributed by atoms with E-state index in [2.05, 4.69) is 12.8 Å². The van der Waals surface area contributed by atoms with Crippen LogP contribution in [0.3, 0.4) is 0 Å². The summed E-state index contributed by atoms with van der Waals surface area (Å²) in [6.45, 7) is 2.07. The smallest absolute Gasteiger partial charge is 0.184 e. The van der Waals surface area contributed by atoms with Crippen molar-refractivity contribution in [3.05, 3.63) is 21.9 Å². The molecule has 0 aliphatic carbocycles. The monoisotopic (exact) mass is 178 g/mol. The molecule has 0 N–H and O–H groups in total. The normalized spacial score (nSPS) is 9.33. The van der Waals surface area contributed by atoms with Crippen LogP contribution in [0.4, 0.5) is 0 Å². The molecule has 0 unspecified atom stereocenters. The molecule has 0 atom stereocenters. The number of terminal acetylenes is 1. The quantitative estimate of drug-likeness (QED) is 0.513. The van der Waals surface area contributed by atoms with E-state index in [4.69, 9.17) is 6.42 Å². The van der Waals surface area contributed by atoms with Crippen LogP contribution in [0.15, 0.2) is 12.1 Å². The van der Waals surface area contributed by atoms with E-state index in [9.17, 15) is 4.79 Å². The fourth-order valence-electron chi connectivity index (χ4n) is 0.898. The van der Waals surface area contributed by atoms with Gasteiger partial charge in [0.2, 0.25) is 0 Å². The third-order valence-corrected chi connectivity index (χ3v) is 2.82. The zero-order valence-corrected chi connectivity index (χ0v) is 7.78. The number of ketones is 1. The molecule has 1 aromatic rings. The minimum atomic E-state index is 0.0576. The molecule has 62 valence electrons. The van der Waals surface area contributed by atoms with E-state index in [0.717, 1.165) is 11.3 Å². The van der Waals surface area contributed by atoms with Gasteiger partial charge in [-0.3, -0.25) is 4.79 Å². The van der Waals surface area contributed by atoms with Crippen molar-refractivity contribution in [1.29, 1.82) is 0 Å². The summed E-state index contributed by atoms with van der Waals surface area (Å²) in [5, 5.41) is 0. The number of aryl methyl sites for hydroxylation is 1. The molecule has 0 aromatic carbocycles. The Balaban J connectivity index is 2.76. The first kappa shape index (κ1) is 9.02. The molecular formula is C10H10OS. The third kappa shape index (κ3) is 1.96. The summed E-state index contributed by atoms with van der Waals surface area (Å²) in [6.07, 6.45) is 6.23. The fraction of sp³-hybridized carbons (Fsp3) is 0.300. The predicted molar refractivity (Wildman–Crippen MR) is 51.5 cm³/mol. The topological polar surface area (TPSA) is 17.1 Å². The molecule has 0 aliphatic heterocycles. The van der Waals surface area contributed by atoms with Crippen molar-refractivity contribution in [2.75, 3.05) is 0 Å². The summed E-state index contributed by atoms with van der Waals surface area (Å²) in [4.78, 5) is 13.3. The first-order valence-electron chi connectivity index (χ1n) is 3.83. The van der Waals surface area contributed by atoms with Gasteiger partial charge in [0.25, 0.3) is 0 Å². The minimum Gasteiger partial charge on any atom is -0.292 e. The van der Waals surface area contributed by atoms with Crippen molar-refractivity contribution in [2.45, 2.75) is 19.8 Å². The van der Waals surface area contributed by atoms with Crippen LogP contribution in [0.5, 0.6) is 0 Å². The lowest BCUT2D eigenvalue weighted by Gasteiger charge is -1.88. The van der Waals surface area contributed by atoms with Crippen LogP contribution in [0.2, 0.25) is 0 Å². The van der Waals surface area contributed by atoms with Crippen molar-refractivity contribution in [1.82, 2.24) is 0 Å². The molecule has 0 bridgehead atoms. The fourth-order valence-corrected chi connectivity index (χ4v) is 1.78. The predicted octanol–water partition coefficient (Wildman–Crippen LogP) is 2.52. The molecule has 12 heavy (non-hydrogen) atoms. The highest BCUT2D eigenvalue weighted by atomic mass is 32.1. The number of hydrogen-bond acceptors (Lipinski definition) is 2. The molecule has 1 rings (SSSR count). The summed E-state index contributed by atoms with van der Waals surface area (Å²) in [5.41, 5.74) is 0. The molecule has 1 aromatic heterocycles. The van der Waals surface area contributed by atoms with Gasteiger partial charge in [-0.15, -0.1) is 17.8 Å². The number of Topliss-reactive ketones (excluding diaryl/α,β-unsaturated/α-hetero) is 1. The Morgan fingerprint density at radius 2 is 2.42 bits per heavy atom. The highest BCUT2D eigenvalue weighted by Gasteiger charge is 2.06. The van der Waals surface area contributed by atoms with Gasteiger partial charge in [0, 0.05) is 4.88 Å². The maximum atomic E-state index is 11.2. The molecule has 0 fully saturated rings. The van der Waals surface area contributed by atoms with Crippen LogP contribution in [0.1, 0.15) is 27.9 Å². The summed E-state index contributed by atoms with van der Waals surface area (Å²) >= 11 is 1.54. The van der Waals surface area contributed by atoms with Gasteiger partial charge in [-0.2, -0.15) is 0 Å². The largest absolute Gasteiger partial charge is 0.292 e. The van der Waals surface area contributed by atoms with E-state index in [0.29, 0.717) is 0 Å². The van der Waals surface area contributed by atoms with Crippen molar-refractivity contribution >= 4 is 17.1 Å². The molecule has 0 saturated heterocycles. The third-order valence-electron chi connectivity index (χ3n) is 1.55. The summed E-state index contributed by atoms with van der Waals surface area (Å²) in [5.74, 6) is 2.41. The first-order chi connectivity index (χ1) is 5.77. The Morgan fingerprint density at radius 1 is 1.67 bits per heavy atom. The number of carbonyl (C=O) groups is 1. The van der Waals surface area contributed by atoms with Gasteiger partial charge in [-0.25, -0.2) is 0 Å². The Labute approximate surface area is 76.4 Å². The lowest BCUT2D eigenvalue weighted by molar-refractivity contribution is 0.100. The molecule has 2 heteroatoms. The minimum absolute atomic E-state index is 0.0576. The zero-order valence-electron chi connectivity index (χ0n) is 6.96. The summed E-state index contributed by atoms with van der Waals surface area (Å²) < 4.78 is 0. The van der Waals surface area contributed by atoms with Crippen LogP contribution >= 0.6 is 11.3 Å². The Bertz CT molecular complexity index is 317. The lowest BCUT2D eigenvalue weighted by Crippen LogP contribution is -1.92. The standard InChI is InChI=1S/C10H10OS/c1-3-5-9(11)10-7-6-8(4-2)12-10/h1,6-7H,4-5H2,2H3. The Hall–Kier alpha value is -1.07. The number of hydrogen-bond donors (Lipinski definition) is 0. The van der Waals surface area contributed by atoms with Crippen molar-refractivity contribution in [2.24, 2.45) is 0 Å². The van der Waals surface area contributed by atoms with E-state index in [1.165, 1.54) is 16.2 Å². The highest BCUT2D eigenvalue weighted by molar-refractivity contribution is 7.14. The van der Waals surface area contributed by atoms with E-state index in [1.807, 2.05) is 12.1 Å².